The summed E-state index contributed by atoms with van der Waals surface area (Å²) in [5.41, 5.74) is -1.39. The van der Waals surface area contributed by atoms with E-state index in [0.717, 1.165) is 0 Å². The van der Waals surface area contributed by atoms with Crippen LogP contribution < -0.4 is 10.9 Å². The summed E-state index contributed by atoms with van der Waals surface area (Å²) in [6.07, 6.45) is -0.116. The molecular weight excluding hydrogens is 301 g/mol. The molecule has 1 atom stereocenters. The van der Waals surface area contributed by atoms with Gasteiger partial charge in [-0.3, -0.25) is 0 Å². The van der Waals surface area contributed by atoms with Crippen LogP contribution in [-0.2, 0) is 4.74 Å². The quantitative estimate of drug-likeness (QED) is 0.930. The van der Waals surface area contributed by atoms with Crippen LogP contribution in [0.3, 0.4) is 0 Å². The van der Waals surface area contributed by atoms with Gasteiger partial charge in [0, 0.05) is 0 Å². The van der Waals surface area contributed by atoms with Crippen LogP contribution >= 0.6 is 0 Å². The van der Waals surface area contributed by atoms with E-state index in [1.54, 1.807) is 32.9 Å². The highest BCUT2D eigenvalue weighted by molar-refractivity contribution is 5.82. The second-order valence-corrected chi connectivity index (χ2v) is 6.25. The number of hydrogen-bond donors (Lipinski definition) is 1. The Kier molecular flexibility index (Phi) is 4.73. The average molecular weight is 321 g/mol. The first kappa shape index (κ1) is 17.0. The highest BCUT2D eigenvalue weighted by Gasteiger charge is 2.22. The molecule has 0 unspecified atom stereocenters. The van der Waals surface area contributed by atoms with Gasteiger partial charge in [-0.1, -0.05) is 19.1 Å². The lowest BCUT2D eigenvalue weighted by Gasteiger charge is -2.22. The number of amides is 1. The molecule has 0 fully saturated rings. The first-order valence-electron chi connectivity index (χ1n) is 7.43. The molecule has 0 aliphatic heterocycles. The van der Waals surface area contributed by atoms with Crippen LogP contribution in [0.15, 0.2) is 33.5 Å². The first-order chi connectivity index (χ1) is 10.7. The van der Waals surface area contributed by atoms with Crippen molar-refractivity contribution in [3.05, 3.63) is 46.3 Å². The molecule has 1 N–H and O–H groups in total. The van der Waals surface area contributed by atoms with Crippen LogP contribution in [-0.4, -0.2) is 11.7 Å². The fourth-order valence-electron chi connectivity index (χ4n) is 2.21. The fourth-order valence-corrected chi connectivity index (χ4v) is 2.21. The summed E-state index contributed by atoms with van der Waals surface area (Å²) in [5, 5.41) is 3.00. The SMILES string of the molecule is CC[C@H](NC(=O)OC(C)(C)C)c1cc2cccc(F)c2c(=O)o1. The summed E-state index contributed by atoms with van der Waals surface area (Å²) >= 11 is 0. The summed E-state index contributed by atoms with van der Waals surface area (Å²) in [6, 6.07) is 5.37. The number of carbonyl (C=O) groups is 1. The van der Waals surface area contributed by atoms with Crippen LogP contribution in [0.4, 0.5) is 9.18 Å². The van der Waals surface area contributed by atoms with Gasteiger partial charge in [-0.15, -0.1) is 0 Å². The molecule has 2 rings (SSSR count). The lowest BCUT2D eigenvalue weighted by atomic mass is 10.1. The molecule has 23 heavy (non-hydrogen) atoms. The van der Waals surface area contributed by atoms with Gasteiger partial charge in [0.2, 0.25) is 0 Å². The van der Waals surface area contributed by atoms with E-state index in [4.69, 9.17) is 9.15 Å². The van der Waals surface area contributed by atoms with Crippen molar-refractivity contribution in [1.82, 2.24) is 5.32 Å². The summed E-state index contributed by atoms with van der Waals surface area (Å²) < 4.78 is 24.1. The second-order valence-electron chi connectivity index (χ2n) is 6.25. The zero-order valence-corrected chi connectivity index (χ0v) is 13.6. The zero-order valence-electron chi connectivity index (χ0n) is 13.6. The van der Waals surface area contributed by atoms with E-state index in [-0.39, 0.29) is 11.1 Å². The number of ether oxygens (including phenoxy) is 1. The third-order valence-electron chi connectivity index (χ3n) is 3.20. The maximum Gasteiger partial charge on any atom is 0.408 e. The van der Waals surface area contributed by atoms with Crippen LogP contribution in [0.5, 0.6) is 0 Å². The molecule has 124 valence electrons. The Bertz CT molecular complexity index is 776. The fraction of sp³-hybridized carbons (Fsp3) is 0.412. The van der Waals surface area contributed by atoms with Crippen molar-refractivity contribution in [3.8, 4) is 0 Å². The average Bonchev–Trinajstić information content (AvgIpc) is 2.42. The van der Waals surface area contributed by atoms with Gasteiger partial charge in [0.1, 0.15) is 22.6 Å². The third kappa shape index (κ3) is 4.09. The molecule has 0 radical (unpaired) electrons. The van der Waals surface area contributed by atoms with Gasteiger partial charge >= 0.3 is 11.7 Å². The minimum absolute atomic E-state index is 0.0941. The van der Waals surface area contributed by atoms with Gasteiger partial charge in [-0.2, -0.15) is 0 Å². The van der Waals surface area contributed by atoms with Crippen LogP contribution in [0, 0.1) is 5.82 Å². The number of nitrogens with one attached hydrogen (secondary N) is 1. The lowest BCUT2D eigenvalue weighted by Crippen LogP contribution is -2.35. The van der Waals surface area contributed by atoms with E-state index in [1.807, 2.05) is 6.92 Å². The van der Waals surface area contributed by atoms with E-state index in [2.05, 4.69) is 5.32 Å². The number of benzene rings is 1. The standard InChI is InChI=1S/C17H20FNO4/c1-5-12(19-16(21)23-17(2,3)4)13-9-10-7-6-8-11(18)14(10)15(20)22-13/h6-9,12H,5H2,1-4H3,(H,19,21)/t12-/m0/s1. The molecule has 0 saturated carbocycles. The summed E-state index contributed by atoms with van der Waals surface area (Å²) in [4.78, 5) is 23.9. The molecular formula is C17H20FNO4. The Hall–Kier alpha value is -2.37. The number of rotatable bonds is 3. The molecule has 2 aromatic rings. The maximum absolute atomic E-state index is 13.7. The van der Waals surface area contributed by atoms with Gasteiger partial charge in [0.25, 0.3) is 0 Å². The molecule has 1 heterocycles. The van der Waals surface area contributed by atoms with E-state index in [1.165, 1.54) is 12.1 Å². The van der Waals surface area contributed by atoms with Crippen LogP contribution in [0.25, 0.3) is 10.8 Å². The van der Waals surface area contributed by atoms with Crippen molar-refractivity contribution in [2.45, 2.75) is 45.8 Å². The number of halogens is 1. The molecule has 0 aliphatic carbocycles. The monoisotopic (exact) mass is 321 g/mol. The smallest absolute Gasteiger partial charge is 0.408 e. The first-order valence-corrected chi connectivity index (χ1v) is 7.43. The van der Waals surface area contributed by atoms with E-state index in [0.29, 0.717) is 11.8 Å². The Morgan fingerprint density at radius 3 is 2.70 bits per heavy atom. The third-order valence-corrected chi connectivity index (χ3v) is 3.20. The van der Waals surface area contributed by atoms with Crippen molar-refractivity contribution in [2.75, 3.05) is 0 Å². The molecule has 0 bridgehead atoms. The molecule has 5 nitrogen and oxygen atoms in total. The Morgan fingerprint density at radius 1 is 1.39 bits per heavy atom. The van der Waals surface area contributed by atoms with Crippen LogP contribution in [0.1, 0.15) is 45.9 Å². The Labute approximate surface area is 133 Å². The molecule has 6 heteroatoms. The minimum Gasteiger partial charge on any atom is -0.444 e. The van der Waals surface area contributed by atoms with Crippen molar-refractivity contribution < 1.29 is 18.3 Å². The normalized spacial score (nSPS) is 12.9. The van der Waals surface area contributed by atoms with Crippen molar-refractivity contribution in [2.24, 2.45) is 0 Å². The number of fused-ring (bicyclic) bond motifs is 1. The summed E-state index contributed by atoms with van der Waals surface area (Å²) in [6.45, 7) is 7.10. The predicted octanol–water partition coefficient (Wildman–Crippen LogP) is 3.91. The zero-order chi connectivity index (χ0) is 17.2. The van der Waals surface area contributed by atoms with Crippen molar-refractivity contribution in [1.29, 1.82) is 0 Å². The molecule has 0 aliphatic rings. The lowest BCUT2D eigenvalue weighted by molar-refractivity contribution is 0.0495. The number of carbonyl (C=O) groups excluding carboxylic acids is 1. The molecule has 1 aromatic carbocycles. The minimum atomic E-state index is -0.764. The maximum atomic E-state index is 13.7. The van der Waals surface area contributed by atoms with E-state index in [9.17, 15) is 14.0 Å². The van der Waals surface area contributed by atoms with Gasteiger partial charge < -0.3 is 14.5 Å². The Balaban J connectivity index is 2.34. The van der Waals surface area contributed by atoms with Gasteiger partial charge in [0.15, 0.2) is 0 Å². The molecule has 1 amide bonds. The summed E-state index contributed by atoms with van der Waals surface area (Å²) in [5.74, 6) is -0.364. The van der Waals surface area contributed by atoms with E-state index >= 15 is 0 Å². The van der Waals surface area contributed by atoms with Gasteiger partial charge in [-0.05, 0) is 44.7 Å². The van der Waals surface area contributed by atoms with Gasteiger partial charge in [0.05, 0.1) is 6.04 Å². The number of hydrogen-bond acceptors (Lipinski definition) is 4. The van der Waals surface area contributed by atoms with Crippen LogP contribution in [0.2, 0.25) is 0 Å². The Morgan fingerprint density at radius 2 is 2.09 bits per heavy atom. The molecule has 0 saturated heterocycles. The predicted molar refractivity (Wildman–Crippen MR) is 84.8 cm³/mol. The topological polar surface area (TPSA) is 68.5 Å². The van der Waals surface area contributed by atoms with Gasteiger partial charge in [-0.25, -0.2) is 14.0 Å². The van der Waals surface area contributed by atoms with E-state index < -0.39 is 29.2 Å². The molecule has 1 aromatic heterocycles. The van der Waals surface area contributed by atoms with Crippen molar-refractivity contribution >= 4 is 16.9 Å². The second kappa shape index (κ2) is 6.40. The summed E-state index contributed by atoms with van der Waals surface area (Å²) in [7, 11) is 0. The highest BCUT2D eigenvalue weighted by Crippen LogP contribution is 2.22. The van der Waals surface area contributed by atoms with Crippen molar-refractivity contribution in [3.63, 3.8) is 0 Å². The highest BCUT2D eigenvalue weighted by atomic mass is 19.1. The molecule has 0 spiro atoms. The number of alkyl carbamates (subject to hydrolysis) is 1. The largest absolute Gasteiger partial charge is 0.444 e.